The molecular weight excluding hydrogens is 224 g/mol. The number of aromatic nitrogens is 2. The van der Waals surface area contributed by atoms with Crippen LogP contribution in [0.15, 0.2) is 27.8 Å². The van der Waals surface area contributed by atoms with Crippen molar-refractivity contribution in [3.05, 3.63) is 39.0 Å². The molecule has 0 saturated carbocycles. The van der Waals surface area contributed by atoms with E-state index in [0.29, 0.717) is 5.52 Å². The highest BCUT2D eigenvalue weighted by Crippen LogP contribution is 2.13. The molecule has 0 spiro atoms. The second kappa shape index (κ2) is 4.42. The number of aromatic amines is 1. The molecule has 0 aliphatic carbocycles. The molecule has 2 rings (SSSR count). The van der Waals surface area contributed by atoms with E-state index in [2.05, 4.69) is 4.98 Å². The number of nitrogens with one attached hydrogen (secondary N) is 1. The van der Waals surface area contributed by atoms with Crippen LogP contribution in [0.5, 0.6) is 5.75 Å². The SMILES string of the molecule is COCCn1c(=O)[nH]c2ccc(O)cc2c1=O. The maximum atomic E-state index is 12.0. The monoisotopic (exact) mass is 236 g/mol. The molecule has 0 aliphatic rings. The summed E-state index contributed by atoms with van der Waals surface area (Å²) < 4.78 is 5.88. The highest BCUT2D eigenvalue weighted by Gasteiger charge is 2.07. The van der Waals surface area contributed by atoms with Crippen molar-refractivity contribution in [2.75, 3.05) is 13.7 Å². The number of benzene rings is 1. The Morgan fingerprint density at radius 2 is 2.18 bits per heavy atom. The molecule has 1 aromatic heterocycles. The molecule has 0 radical (unpaired) electrons. The second-order valence-corrected chi connectivity index (χ2v) is 3.61. The fourth-order valence-corrected chi connectivity index (χ4v) is 1.62. The fraction of sp³-hybridized carbons (Fsp3) is 0.273. The first-order valence-corrected chi connectivity index (χ1v) is 5.08. The van der Waals surface area contributed by atoms with Crippen molar-refractivity contribution in [2.24, 2.45) is 0 Å². The number of fused-ring (bicyclic) bond motifs is 1. The Balaban J connectivity index is 2.69. The average molecular weight is 236 g/mol. The molecule has 17 heavy (non-hydrogen) atoms. The maximum absolute atomic E-state index is 12.0. The van der Waals surface area contributed by atoms with Crippen LogP contribution in [-0.2, 0) is 11.3 Å². The van der Waals surface area contributed by atoms with Gasteiger partial charge in [-0.15, -0.1) is 0 Å². The third-order valence-corrected chi connectivity index (χ3v) is 2.48. The van der Waals surface area contributed by atoms with Crippen molar-refractivity contribution >= 4 is 10.9 Å². The molecule has 0 atom stereocenters. The molecule has 0 aliphatic heterocycles. The van der Waals surface area contributed by atoms with E-state index >= 15 is 0 Å². The van der Waals surface area contributed by atoms with Gasteiger partial charge < -0.3 is 14.8 Å². The smallest absolute Gasteiger partial charge is 0.328 e. The number of phenols is 1. The first-order chi connectivity index (χ1) is 8.13. The lowest BCUT2D eigenvalue weighted by Gasteiger charge is -2.05. The van der Waals surface area contributed by atoms with Gasteiger partial charge in [-0.2, -0.15) is 0 Å². The van der Waals surface area contributed by atoms with Crippen LogP contribution in [0.1, 0.15) is 0 Å². The minimum atomic E-state index is -0.481. The van der Waals surface area contributed by atoms with E-state index in [1.807, 2.05) is 0 Å². The highest BCUT2D eigenvalue weighted by molar-refractivity contribution is 5.78. The van der Waals surface area contributed by atoms with Crippen molar-refractivity contribution in [3.8, 4) is 5.75 Å². The molecule has 1 heterocycles. The van der Waals surface area contributed by atoms with E-state index in [0.717, 1.165) is 4.57 Å². The van der Waals surface area contributed by atoms with Crippen LogP contribution in [0, 0.1) is 0 Å². The van der Waals surface area contributed by atoms with Gasteiger partial charge in [0.2, 0.25) is 0 Å². The van der Waals surface area contributed by atoms with E-state index in [1.165, 1.54) is 25.3 Å². The second-order valence-electron chi connectivity index (χ2n) is 3.61. The van der Waals surface area contributed by atoms with Crippen LogP contribution < -0.4 is 11.2 Å². The van der Waals surface area contributed by atoms with Crippen molar-refractivity contribution in [2.45, 2.75) is 6.54 Å². The van der Waals surface area contributed by atoms with E-state index in [1.54, 1.807) is 0 Å². The Morgan fingerprint density at radius 1 is 1.41 bits per heavy atom. The lowest BCUT2D eigenvalue weighted by Crippen LogP contribution is -2.36. The minimum absolute atomic E-state index is 0.0139. The van der Waals surface area contributed by atoms with Gasteiger partial charge in [0.1, 0.15) is 5.75 Å². The van der Waals surface area contributed by atoms with Gasteiger partial charge in [-0.3, -0.25) is 9.36 Å². The van der Waals surface area contributed by atoms with Crippen LogP contribution >= 0.6 is 0 Å². The molecule has 0 amide bonds. The Kier molecular flexibility index (Phi) is 2.97. The lowest BCUT2D eigenvalue weighted by molar-refractivity contribution is 0.185. The van der Waals surface area contributed by atoms with Gasteiger partial charge >= 0.3 is 5.69 Å². The molecule has 6 nitrogen and oxygen atoms in total. The maximum Gasteiger partial charge on any atom is 0.328 e. The fourth-order valence-electron chi connectivity index (χ4n) is 1.62. The third-order valence-electron chi connectivity index (χ3n) is 2.48. The summed E-state index contributed by atoms with van der Waals surface area (Å²) in [7, 11) is 1.49. The topological polar surface area (TPSA) is 84.3 Å². The number of hydrogen-bond acceptors (Lipinski definition) is 4. The van der Waals surface area contributed by atoms with E-state index in [9.17, 15) is 14.7 Å². The van der Waals surface area contributed by atoms with E-state index in [-0.39, 0.29) is 24.3 Å². The van der Waals surface area contributed by atoms with Crippen molar-refractivity contribution in [1.82, 2.24) is 9.55 Å². The number of ether oxygens (including phenoxy) is 1. The van der Waals surface area contributed by atoms with Gasteiger partial charge in [0.05, 0.1) is 24.1 Å². The first-order valence-electron chi connectivity index (χ1n) is 5.08. The zero-order chi connectivity index (χ0) is 12.4. The number of hydrogen-bond donors (Lipinski definition) is 2. The summed E-state index contributed by atoms with van der Waals surface area (Å²) >= 11 is 0. The molecule has 0 unspecified atom stereocenters. The van der Waals surface area contributed by atoms with Crippen LogP contribution in [0.4, 0.5) is 0 Å². The Hall–Kier alpha value is -2.08. The summed E-state index contributed by atoms with van der Waals surface area (Å²) in [4.78, 5) is 26.2. The lowest BCUT2D eigenvalue weighted by atomic mass is 10.2. The predicted octanol–water partition coefficient (Wildman–Crippen LogP) is 0.0418. The summed E-state index contributed by atoms with van der Waals surface area (Å²) in [6, 6.07) is 4.24. The van der Waals surface area contributed by atoms with E-state index in [4.69, 9.17) is 4.74 Å². The Labute approximate surface area is 96.1 Å². The van der Waals surface area contributed by atoms with Gasteiger partial charge in [0.15, 0.2) is 0 Å². The van der Waals surface area contributed by atoms with Crippen molar-refractivity contribution in [1.29, 1.82) is 0 Å². The molecule has 6 heteroatoms. The molecule has 2 N–H and O–H groups in total. The Morgan fingerprint density at radius 3 is 2.88 bits per heavy atom. The normalized spacial score (nSPS) is 10.9. The van der Waals surface area contributed by atoms with Gasteiger partial charge in [0.25, 0.3) is 5.56 Å². The molecule has 90 valence electrons. The zero-order valence-corrected chi connectivity index (χ0v) is 9.27. The number of methoxy groups -OCH3 is 1. The standard InChI is InChI=1S/C11H12N2O4/c1-17-5-4-13-10(15)8-6-7(14)2-3-9(8)12-11(13)16/h2-3,6,14H,4-5H2,1H3,(H,12,16). The summed E-state index contributed by atoms with van der Waals surface area (Å²) in [6.07, 6.45) is 0. The van der Waals surface area contributed by atoms with E-state index < -0.39 is 11.2 Å². The molecule has 2 aromatic rings. The Bertz CT molecular complexity index is 657. The largest absolute Gasteiger partial charge is 0.508 e. The number of rotatable bonds is 3. The molecule has 0 saturated heterocycles. The van der Waals surface area contributed by atoms with Crippen molar-refractivity contribution < 1.29 is 9.84 Å². The minimum Gasteiger partial charge on any atom is -0.508 e. The van der Waals surface area contributed by atoms with Gasteiger partial charge in [-0.25, -0.2) is 4.79 Å². The summed E-state index contributed by atoms with van der Waals surface area (Å²) in [5, 5.41) is 9.60. The zero-order valence-electron chi connectivity index (χ0n) is 9.27. The van der Waals surface area contributed by atoms with Crippen LogP contribution in [0.25, 0.3) is 10.9 Å². The molecular formula is C11H12N2O4. The van der Waals surface area contributed by atoms with Gasteiger partial charge in [0, 0.05) is 7.11 Å². The summed E-state index contributed by atoms with van der Waals surface area (Å²) in [6.45, 7) is 0.448. The summed E-state index contributed by atoms with van der Waals surface area (Å²) in [5.41, 5.74) is -0.506. The van der Waals surface area contributed by atoms with Crippen LogP contribution in [-0.4, -0.2) is 28.4 Å². The van der Waals surface area contributed by atoms with Crippen LogP contribution in [0.3, 0.4) is 0 Å². The van der Waals surface area contributed by atoms with Gasteiger partial charge in [-0.1, -0.05) is 0 Å². The molecule has 0 fully saturated rings. The molecule has 1 aromatic carbocycles. The number of aromatic hydroxyl groups is 1. The summed E-state index contributed by atoms with van der Waals surface area (Å²) in [5.74, 6) is -0.0139. The van der Waals surface area contributed by atoms with Crippen molar-refractivity contribution in [3.63, 3.8) is 0 Å². The van der Waals surface area contributed by atoms with Gasteiger partial charge in [-0.05, 0) is 18.2 Å². The third kappa shape index (κ3) is 2.07. The van der Waals surface area contributed by atoms with Crippen LogP contribution in [0.2, 0.25) is 0 Å². The molecule has 0 bridgehead atoms. The number of H-pyrrole nitrogens is 1. The number of phenolic OH excluding ortho intramolecular Hbond substituents is 1. The average Bonchev–Trinajstić information content (AvgIpc) is 2.30. The predicted molar refractivity (Wildman–Crippen MR) is 62.4 cm³/mol. The number of nitrogens with zero attached hydrogens (tertiary/aromatic N) is 1. The highest BCUT2D eigenvalue weighted by atomic mass is 16.5. The quantitative estimate of drug-likeness (QED) is 0.788. The first kappa shape index (κ1) is 11.4.